The first-order valence-electron chi connectivity index (χ1n) is 12.3. The lowest BCUT2D eigenvalue weighted by Crippen LogP contribution is -2.48. The highest BCUT2D eigenvalue weighted by molar-refractivity contribution is 6.32. The van der Waals surface area contributed by atoms with Crippen molar-refractivity contribution in [2.75, 3.05) is 4.90 Å². The van der Waals surface area contributed by atoms with Gasteiger partial charge >= 0.3 is 0 Å². The van der Waals surface area contributed by atoms with Crippen molar-refractivity contribution < 1.29 is 14.4 Å². The number of ketones is 3. The van der Waals surface area contributed by atoms with Crippen LogP contribution in [0.3, 0.4) is 0 Å². The Bertz CT molecular complexity index is 1430. The molecule has 3 atom stereocenters. The smallest absolute Gasteiger partial charge is 0.180 e. The highest BCUT2D eigenvalue weighted by Crippen LogP contribution is 2.60. The molecule has 6 rings (SSSR count). The molecule has 5 heteroatoms. The predicted octanol–water partition coefficient (Wildman–Crippen LogP) is 6.49. The molecule has 0 saturated carbocycles. The van der Waals surface area contributed by atoms with Gasteiger partial charge in [0.2, 0.25) is 0 Å². The van der Waals surface area contributed by atoms with Crippen molar-refractivity contribution in [1.82, 2.24) is 0 Å². The summed E-state index contributed by atoms with van der Waals surface area (Å²) in [4.78, 5) is 44.2. The van der Waals surface area contributed by atoms with E-state index in [4.69, 9.17) is 11.6 Å². The molecule has 0 aromatic heterocycles. The third-order valence-corrected chi connectivity index (χ3v) is 8.38. The first-order valence-corrected chi connectivity index (χ1v) is 12.7. The van der Waals surface area contributed by atoms with E-state index in [1.165, 1.54) is 0 Å². The molecule has 1 saturated heterocycles. The van der Waals surface area contributed by atoms with Crippen LogP contribution in [0.25, 0.3) is 6.08 Å². The van der Waals surface area contributed by atoms with E-state index in [0.717, 1.165) is 22.4 Å². The van der Waals surface area contributed by atoms with Crippen LogP contribution in [-0.2, 0) is 4.79 Å². The molecule has 3 unspecified atom stereocenters. The van der Waals surface area contributed by atoms with E-state index in [2.05, 4.69) is 13.8 Å². The van der Waals surface area contributed by atoms with Crippen molar-refractivity contribution in [3.63, 3.8) is 0 Å². The molecule has 0 amide bonds. The maximum Gasteiger partial charge on any atom is 0.180 e. The van der Waals surface area contributed by atoms with E-state index in [1.807, 2.05) is 53.5 Å². The van der Waals surface area contributed by atoms with Crippen LogP contribution >= 0.6 is 11.6 Å². The van der Waals surface area contributed by atoms with E-state index < -0.39 is 23.4 Å². The maximum atomic E-state index is 14.4. The van der Waals surface area contributed by atoms with Crippen LogP contribution in [0.15, 0.2) is 72.8 Å². The van der Waals surface area contributed by atoms with Crippen molar-refractivity contribution >= 4 is 40.7 Å². The van der Waals surface area contributed by atoms with E-state index in [-0.39, 0.29) is 17.3 Å². The third-order valence-electron chi connectivity index (χ3n) is 8.14. The molecule has 3 aromatic rings. The zero-order valence-corrected chi connectivity index (χ0v) is 21.1. The summed E-state index contributed by atoms with van der Waals surface area (Å²) in [6.45, 7) is 5.80. The Morgan fingerprint density at radius 3 is 2.17 bits per heavy atom. The van der Waals surface area contributed by atoms with Gasteiger partial charge in [-0.3, -0.25) is 14.4 Å². The Hall–Kier alpha value is -3.50. The summed E-state index contributed by atoms with van der Waals surface area (Å²) < 4.78 is 0. The van der Waals surface area contributed by atoms with Gasteiger partial charge in [0.05, 0.1) is 12.1 Å². The van der Waals surface area contributed by atoms with Crippen molar-refractivity contribution in [2.24, 2.45) is 5.41 Å². The monoisotopic (exact) mass is 495 g/mol. The summed E-state index contributed by atoms with van der Waals surface area (Å²) in [6, 6.07) is 19.4. The molecule has 1 aliphatic carbocycles. The molecule has 4 nitrogen and oxygen atoms in total. The van der Waals surface area contributed by atoms with Crippen molar-refractivity contribution in [2.45, 2.75) is 44.7 Å². The van der Waals surface area contributed by atoms with E-state index in [0.29, 0.717) is 22.1 Å². The Kier molecular flexibility index (Phi) is 5.10. The molecule has 0 radical (unpaired) electrons. The Morgan fingerprint density at radius 1 is 0.944 bits per heavy atom. The number of carbonyl (C=O) groups excluding carboxylic acids is 3. The number of carbonyl (C=O) groups is 3. The second-order valence-electron chi connectivity index (χ2n) is 10.3. The summed E-state index contributed by atoms with van der Waals surface area (Å²) in [5.41, 5.74) is 3.10. The van der Waals surface area contributed by atoms with Gasteiger partial charge in [0, 0.05) is 27.8 Å². The molecule has 0 bridgehead atoms. The van der Waals surface area contributed by atoms with Crippen molar-refractivity contribution in [3.05, 3.63) is 106 Å². The van der Waals surface area contributed by atoms with Gasteiger partial charge in [-0.25, -0.2) is 0 Å². The number of fused-ring (bicyclic) bond motifs is 5. The number of anilines is 1. The quantitative estimate of drug-likeness (QED) is 0.390. The lowest BCUT2D eigenvalue weighted by Gasteiger charge is -2.37. The molecule has 2 aliphatic heterocycles. The Labute approximate surface area is 215 Å². The molecular formula is C31H26ClNO3. The fourth-order valence-electron chi connectivity index (χ4n) is 6.56. The summed E-state index contributed by atoms with van der Waals surface area (Å²) in [5, 5.41) is 0.589. The topological polar surface area (TPSA) is 54.5 Å². The normalized spacial score (nSPS) is 23.2. The first kappa shape index (κ1) is 22.9. The second kappa shape index (κ2) is 8.01. The molecule has 36 heavy (non-hydrogen) atoms. The molecular weight excluding hydrogens is 470 g/mol. The van der Waals surface area contributed by atoms with Crippen molar-refractivity contribution in [1.29, 1.82) is 0 Å². The van der Waals surface area contributed by atoms with Crippen LogP contribution in [0.4, 0.5) is 5.69 Å². The number of nitrogens with zero attached hydrogens (tertiary/aromatic N) is 1. The van der Waals surface area contributed by atoms with Crippen molar-refractivity contribution in [3.8, 4) is 0 Å². The lowest BCUT2D eigenvalue weighted by atomic mass is 9.64. The van der Waals surface area contributed by atoms with Gasteiger partial charge in [0.15, 0.2) is 17.3 Å². The number of halogens is 1. The van der Waals surface area contributed by atoms with E-state index in [1.54, 1.807) is 37.3 Å². The van der Waals surface area contributed by atoms with Gasteiger partial charge in [0.1, 0.15) is 5.41 Å². The number of Topliss-reactive ketones (excluding diaryl/α,β-unsaturated/α-hetero) is 3. The van der Waals surface area contributed by atoms with Gasteiger partial charge in [0.25, 0.3) is 0 Å². The summed E-state index contributed by atoms with van der Waals surface area (Å²) >= 11 is 6.28. The predicted molar refractivity (Wildman–Crippen MR) is 142 cm³/mol. The van der Waals surface area contributed by atoms with Crippen LogP contribution in [-0.4, -0.2) is 29.4 Å². The van der Waals surface area contributed by atoms with Gasteiger partial charge < -0.3 is 4.90 Å². The Morgan fingerprint density at radius 2 is 1.58 bits per heavy atom. The highest BCUT2D eigenvalue weighted by atomic mass is 35.5. The van der Waals surface area contributed by atoms with Crippen LogP contribution in [0.1, 0.15) is 70.0 Å². The largest absolute Gasteiger partial charge is 0.352 e. The zero-order valence-electron chi connectivity index (χ0n) is 20.4. The Balaban J connectivity index is 1.65. The third kappa shape index (κ3) is 2.91. The first-order chi connectivity index (χ1) is 17.3. The van der Waals surface area contributed by atoms with Crippen LogP contribution in [0.2, 0.25) is 5.02 Å². The molecule has 1 spiro atoms. The number of benzene rings is 3. The highest BCUT2D eigenvalue weighted by Gasteiger charge is 2.71. The minimum absolute atomic E-state index is 0.0810. The van der Waals surface area contributed by atoms with Crippen LogP contribution < -0.4 is 4.90 Å². The number of hydrogen-bond acceptors (Lipinski definition) is 4. The average Bonchev–Trinajstić information content (AvgIpc) is 3.30. The van der Waals surface area contributed by atoms with Gasteiger partial charge in [-0.15, -0.1) is 0 Å². The maximum absolute atomic E-state index is 14.4. The van der Waals surface area contributed by atoms with Crippen LogP contribution in [0, 0.1) is 5.41 Å². The summed E-state index contributed by atoms with van der Waals surface area (Å²) in [6.07, 6.45) is 3.84. The molecule has 3 aliphatic rings. The molecule has 0 N–H and O–H groups in total. The fraction of sp³-hybridized carbons (Fsp3) is 0.258. The minimum Gasteiger partial charge on any atom is -0.352 e. The molecule has 180 valence electrons. The van der Waals surface area contributed by atoms with E-state index >= 15 is 0 Å². The SMILES string of the molecule is CC(=O)C1C(c2ccc(C(C)C)cc2)C2(C(=O)c3ccccc3C2=O)C2C=Cc3cc(Cl)ccc3N12. The zero-order chi connectivity index (χ0) is 25.4. The number of hydrogen-bond donors (Lipinski definition) is 0. The number of rotatable bonds is 3. The van der Waals surface area contributed by atoms with Gasteiger partial charge in [-0.05, 0) is 47.7 Å². The molecule has 3 aromatic carbocycles. The van der Waals surface area contributed by atoms with Gasteiger partial charge in [-0.2, -0.15) is 0 Å². The molecule has 1 fully saturated rings. The average molecular weight is 496 g/mol. The summed E-state index contributed by atoms with van der Waals surface area (Å²) in [7, 11) is 0. The van der Waals surface area contributed by atoms with E-state index in [9.17, 15) is 14.4 Å². The summed E-state index contributed by atoms with van der Waals surface area (Å²) in [5.74, 6) is -0.795. The fourth-order valence-corrected chi connectivity index (χ4v) is 6.74. The standard InChI is InChI=1S/C31H26ClNO3/c1-17(2)19-8-10-20(11-9-19)27-28(18(3)34)33-25-14-13-22(32)16-21(25)12-15-26(33)31(27)29(35)23-6-4-5-7-24(23)30(31)36/h4-17,26-28H,1-3H3. The van der Waals surface area contributed by atoms with Gasteiger partial charge in [-0.1, -0.05) is 86.1 Å². The minimum atomic E-state index is -1.44. The second-order valence-corrected chi connectivity index (χ2v) is 10.8. The lowest BCUT2D eigenvalue weighted by molar-refractivity contribution is -0.118. The molecule has 2 heterocycles. The van der Waals surface area contributed by atoms with Crippen LogP contribution in [0.5, 0.6) is 0 Å².